The molecule has 36 heavy (non-hydrogen) atoms. The van der Waals surface area contributed by atoms with Crippen molar-refractivity contribution in [3.05, 3.63) is 47.5 Å². The van der Waals surface area contributed by atoms with E-state index in [4.69, 9.17) is 18.9 Å². The maximum Gasteiger partial charge on any atom is 0.161 e. The minimum absolute atomic E-state index is 0.168. The molecule has 1 aliphatic rings. The molecule has 196 valence electrons. The van der Waals surface area contributed by atoms with Gasteiger partial charge in [-0.15, -0.1) is 0 Å². The van der Waals surface area contributed by atoms with E-state index in [1.165, 1.54) is 5.56 Å². The van der Waals surface area contributed by atoms with Crippen molar-refractivity contribution in [1.82, 2.24) is 4.90 Å². The summed E-state index contributed by atoms with van der Waals surface area (Å²) < 4.78 is 21.9. The molecule has 6 heteroatoms. The molecular formula is C30H42N2O4. The van der Waals surface area contributed by atoms with Crippen molar-refractivity contribution in [3.63, 3.8) is 0 Å². The summed E-state index contributed by atoms with van der Waals surface area (Å²) in [5.74, 6) is 3.31. The van der Waals surface area contributed by atoms with E-state index in [-0.39, 0.29) is 11.8 Å². The van der Waals surface area contributed by atoms with Gasteiger partial charge >= 0.3 is 0 Å². The van der Waals surface area contributed by atoms with Crippen LogP contribution in [-0.4, -0.2) is 53.0 Å². The van der Waals surface area contributed by atoms with Crippen molar-refractivity contribution >= 4 is 0 Å². The molecule has 2 aromatic rings. The zero-order valence-electron chi connectivity index (χ0n) is 23.0. The summed E-state index contributed by atoms with van der Waals surface area (Å²) in [7, 11) is 8.83. The number of nitrogens with zero attached hydrogens (tertiary/aromatic N) is 2. The fourth-order valence-electron chi connectivity index (χ4n) is 5.92. The molecule has 0 radical (unpaired) electrons. The second kappa shape index (κ2) is 12.4. The Morgan fingerprint density at radius 1 is 0.917 bits per heavy atom. The molecule has 0 unspecified atom stereocenters. The summed E-state index contributed by atoms with van der Waals surface area (Å²) in [4.78, 5) is 2.47. The van der Waals surface area contributed by atoms with Crippen molar-refractivity contribution in [1.29, 1.82) is 5.26 Å². The second-order valence-electron chi connectivity index (χ2n) is 10.1. The number of hydrogen-bond acceptors (Lipinski definition) is 6. The molecule has 0 heterocycles. The predicted octanol–water partition coefficient (Wildman–Crippen LogP) is 5.87. The third-order valence-electron chi connectivity index (χ3n) is 8.07. The molecule has 0 bridgehead atoms. The molecule has 0 amide bonds. The maximum absolute atomic E-state index is 10.7. The molecular weight excluding hydrogens is 452 g/mol. The van der Waals surface area contributed by atoms with Crippen molar-refractivity contribution in [2.24, 2.45) is 11.8 Å². The lowest BCUT2D eigenvalue weighted by molar-refractivity contribution is 0.112. The van der Waals surface area contributed by atoms with E-state index in [2.05, 4.69) is 50.1 Å². The van der Waals surface area contributed by atoms with Crippen LogP contribution in [0, 0.1) is 23.2 Å². The molecule has 1 fully saturated rings. The third kappa shape index (κ3) is 5.57. The largest absolute Gasteiger partial charge is 0.493 e. The Kier molecular flexibility index (Phi) is 9.50. The molecule has 0 spiro atoms. The van der Waals surface area contributed by atoms with Crippen LogP contribution >= 0.6 is 0 Å². The molecule has 3 rings (SSSR count). The zero-order valence-corrected chi connectivity index (χ0v) is 23.0. The van der Waals surface area contributed by atoms with E-state index in [0.29, 0.717) is 17.5 Å². The lowest BCUT2D eigenvalue weighted by atomic mass is 9.59. The standard InChI is InChI=1S/C30H42N2O4/c1-21(2)30(20-31,24-12-14-27(34-5)29(19-24)36-7)23-9-8-10-25(18-23)32(3)16-15-22-11-13-26(33-4)28(17-22)35-6/h11-14,17,19,21,23,25H,8-10,15-16,18H2,1-7H3/t23-,25+,30+/m1/s1. The van der Waals surface area contributed by atoms with Gasteiger partial charge in [0.25, 0.3) is 0 Å². The van der Waals surface area contributed by atoms with Crippen molar-refractivity contribution in [2.75, 3.05) is 42.0 Å². The van der Waals surface area contributed by atoms with Gasteiger partial charge in [-0.05, 0) is 80.0 Å². The van der Waals surface area contributed by atoms with Gasteiger partial charge in [0, 0.05) is 12.6 Å². The van der Waals surface area contributed by atoms with Crippen LogP contribution in [0.15, 0.2) is 36.4 Å². The van der Waals surface area contributed by atoms with Crippen LogP contribution in [0.3, 0.4) is 0 Å². The quantitative estimate of drug-likeness (QED) is 0.389. The summed E-state index contributed by atoms with van der Waals surface area (Å²) in [6, 6.07) is 15.4. The first kappa shape index (κ1) is 27.7. The SMILES string of the molecule is COc1ccc(CCN(C)[C@H]2CCC[C@@H]([C@@](C#N)(c3ccc(OC)c(OC)c3)C(C)C)C2)cc1OC. The molecule has 0 aliphatic heterocycles. The molecule has 2 aromatic carbocycles. The molecule has 0 saturated heterocycles. The molecule has 1 saturated carbocycles. The van der Waals surface area contributed by atoms with Gasteiger partial charge in [0.1, 0.15) is 0 Å². The fourth-order valence-corrected chi connectivity index (χ4v) is 5.92. The van der Waals surface area contributed by atoms with Gasteiger partial charge in [0.05, 0.1) is 39.9 Å². The van der Waals surface area contributed by atoms with Crippen LogP contribution in [0.4, 0.5) is 0 Å². The average molecular weight is 495 g/mol. The fraction of sp³-hybridized carbons (Fsp3) is 0.567. The van der Waals surface area contributed by atoms with Crippen molar-refractivity contribution in [2.45, 2.75) is 57.4 Å². The molecule has 0 N–H and O–H groups in total. The summed E-state index contributed by atoms with van der Waals surface area (Å²) >= 11 is 0. The first-order chi connectivity index (χ1) is 17.3. The predicted molar refractivity (Wildman–Crippen MR) is 143 cm³/mol. The molecule has 6 nitrogen and oxygen atoms in total. The lowest BCUT2D eigenvalue weighted by Crippen LogP contribution is -2.46. The van der Waals surface area contributed by atoms with Gasteiger partial charge in [0.15, 0.2) is 23.0 Å². The lowest BCUT2D eigenvalue weighted by Gasteiger charge is -2.45. The number of rotatable bonds is 11. The highest BCUT2D eigenvalue weighted by Gasteiger charge is 2.46. The molecule has 1 aliphatic carbocycles. The number of hydrogen-bond donors (Lipinski definition) is 0. The number of likely N-dealkylation sites (N-methyl/N-ethyl adjacent to an activating group) is 1. The topological polar surface area (TPSA) is 64.0 Å². The van der Waals surface area contributed by atoms with Crippen LogP contribution in [0.1, 0.15) is 50.7 Å². The number of ether oxygens (including phenoxy) is 4. The van der Waals surface area contributed by atoms with Crippen LogP contribution in [-0.2, 0) is 11.8 Å². The second-order valence-corrected chi connectivity index (χ2v) is 10.1. The molecule has 0 aromatic heterocycles. The van der Waals surface area contributed by atoms with E-state index in [1.54, 1.807) is 28.4 Å². The monoisotopic (exact) mass is 494 g/mol. The number of nitriles is 1. The number of methoxy groups -OCH3 is 4. The molecule has 3 atom stereocenters. The van der Waals surface area contributed by atoms with E-state index in [0.717, 1.165) is 55.7 Å². The van der Waals surface area contributed by atoms with Crippen molar-refractivity contribution < 1.29 is 18.9 Å². The Hall–Kier alpha value is -2.91. The van der Waals surface area contributed by atoms with Gasteiger partial charge in [-0.2, -0.15) is 5.26 Å². The minimum atomic E-state index is -0.581. The minimum Gasteiger partial charge on any atom is -0.493 e. The Morgan fingerprint density at radius 3 is 2.11 bits per heavy atom. The van der Waals surface area contributed by atoms with Crippen LogP contribution in [0.25, 0.3) is 0 Å². The van der Waals surface area contributed by atoms with Gasteiger partial charge in [-0.1, -0.05) is 32.4 Å². The third-order valence-corrected chi connectivity index (χ3v) is 8.07. The highest BCUT2D eigenvalue weighted by atomic mass is 16.5. The van der Waals surface area contributed by atoms with E-state index in [1.807, 2.05) is 18.2 Å². The first-order valence-electron chi connectivity index (χ1n) is 12.9. The van der Waals surface area contributed by atoms with Crippen LogP contribution in [0.2, 0.25) is 0 Å². The van der Waals surface area contributed by atoms with Gasteiger partial charge in [-0.3, -0.25) is 0 Å². The van der Waals surface area contributed by atoms with E-state index >= 15 is 0 Å². The highest BCUT2D eigenvalue weighted by Crippen LogP contribution is 2.48. The summed E-state index contributed by atoms with van der Waals surface area (Å²) in [6.07, 6.45) is 5.27. The zero-order chi connectivity index (χ0) is 26.3. The van der Waals surface area contributed by atoms with E-state index in [9.17, 15) is 5.26 Å². The smallest absolute Gasteiger partial charge is 0.161 e. The van der Waals surface area contributed by atoms with Gasteiger partial charge in [-0.25, -0.2) is 0 Å². The van der Waals surface area contributed by atoms with Crippen molar-refractivity contribution in [3.8, 4) is 29.1 Å². The van der Waals surface area contributed by atoms with Gasteiger partial charge in [0.2, 0.25) is 0 Å². The normalized spacial score (nSPS) is 19.4. The Labute approximate surface area is 217 Å². The van der Waals surface area contributed by atoms with Crippen LogP contribution < -0.4 is 18.9 Å². The summed E-state index contributed by atoms with van der Waals surface area (Å²) in [6.45, 7) is 5.29. The Morgan fingerprint density at radius 2 is 1.53 bits per heavy atom. The average Bonchev–Trinajstić information content (AvgIpc) is 2.92. The van der Waals surface area contributed by atoms with E-state index < -0.39 is 5.41 Å². The Balaban J connectivity index is 1.79. The number of benzene rings is 2. The first-order valence-corrected chi connectivity index (χ1v) is 12.9. The van der Waals surface area contributed by atoms with Gasteiger partial charge < -0.3 is 23.8 Å². The maximum atomic E-state index is 10.7. The summed E-state index contributed by atoms with van der Waals surface area (Å²) in [5, 5.41) is 10.7. The highest BCUT2D eigenvalue weighted by molar-refractivity contribution is 5.48. The van der Waals surface area contributed by atoms with Crippen LogP contribution in [0.5, 0.6) is 23.0 Å². The Bertz CT molecular complexity index is 1050. The summed E-state index contributed by atoms with van der Waals surface area (Å²) in [5.41, 5.74) is 1.67.